The van der Waals surface area contributed by atoms with Gasteiger partial charge in [0.2, 0.25) is 11.8 Å². The maximum absolute atomic E-state index is 14.3. The highest BCUT2D eigenvalue weighted by Gasteiger charge is 2.34. The minimum atomic E-state index is -4.26. The SMILES string of the molecule is CCC(C)NC(=O)C(CC)N(Cc1ccccc1C)C(=O)CN(c1ccc(C)cc1)S(=O)(=O)c1ccc(OC)c(OC)c1. The van der Waals surface area contributed by atoms with Crippen LogP contribution in [0.5, 0.6) is 11.5 Å². The van der Waals surface area contributed by atoms with Gasteiger partial charge in [-0.15, -0.1) is 0 Å². The summed E-state index contributed by atoms with van der Waals surface area (Å²) in [5.41, 5.74) is 3.09. The number of amides is 2. The molecule has 0 radical (unpaired) electrons. The number of carbonyl (C=O) groups is 2. The maximum atomic E-state index is 14.3. The van der Waals surface area contributed by atoms with Gasteiger partial charge in [-0.25, -0.2) is 8.42 Å². The molecule has 3 aromatic carbocycles. The molecule has 0 aliphatic rings. The van der Waals surface area contributed by atoms with Gasteiger partial charge in [-0.2, -0.15) is 0 Å². The van der Waals surface area contributed by atoms with Crippen LogP contribution < -0.4 is 19.1 Å². The molecule has 0 fully saturated rings. The van der Waals surface area contributed by atoms with Crippen molar-refractivity contribution in [1.29, 1.82) is 0 Å². The Balaban J connectivity index is 2.10. The van der Waals surface area contributed by atoms with Gasteiger partial charge in [-0.3, -0.25) is 13.9 Å². The van der Waals surface area contributed by atoms with Crippen molar-refractivity contribution in [3.63, 3.8) is 0 Å². The quantitative estimate of drug-likeness (QED) is 0.268. The molecule has 0 aliphatic heterocycles. The van der Waals surface area contributed by atoms with Crippen molar-refractivity contribution in [1.82, 2.24) is 10.2 Å². The van der Waals surface area contributed by atoms with Crippen molar-refractivity contribution in [3.8, 4) is 11.5 Å². The number of carbonyl (C=O) groups excluding carboxylic acids is 2. The molecule has 43 heavy (non-hydrogen) atoms. The van der Waals surface area contributed by atoms with Crippen LogP contribution in [0.2, 0.25) is 0 Å². The van der Waals surface area contributed by atoms with E-state index in [2.05, 4.69) is 5.32 Å². The van der Waals surface area contributed by atoms with Crippen LogP contribution in [-0.4, -0.2) is 58.0 Å². The summed E-state index contributed by atoms with van der Waals surface area (Å²) < 4.78 is 40.1. The van der Waals surface area contributed by atoms with E-state index < -0.39 is 28.5 Å². The van der Waals surface area contributed by atoms with Gasteiger partial charge < -0.3 is 19.7 Å². The average molecular weight is 610 g/mol. The van der Waals surface area contributed by atoms with Crippen molar-refractivity contribution < 1.29 is 27.5 Å². The van der Waals surface area contributed by atoms with Gasteiger partial charge in [0.05, 0.1) is 24.8 Å². The lowest BCUT2D eigenvalue weighted by Crippen LogP contribution is -2.53. The van der Waals surface area contributed by atoms with Crippen molar-refractivity contribution in [2.45, 2.75) is 71.0 Å². The summed E-state index contributed by atoms with van der Waals surface area (Å²) in [4.78, 5) is 29.1. The van der Waals surface area contributed by atoms with Gasteiger partial charge in [-0.1, -0.05) is 55.8 Å². The van der Waals surface area contributed by atoms with Crippen LogP contribution in [0.4, 0.5) is 5.69 Å². The highest BCUT2D eigenvalue weighted by Crippen LogP contribution is 2.32. The van der Waals surface area contributed by atoms with E-state index in [-0.39, 0.29) is 29.1 Å². The summed E-state index contributed by atoms with van der Waals surface area (Å²) in [6.45, 7) is 9.20. The van der Waals surface area contributed by atoms with Crippen LogP contribution in [0.1, 0.15) is 50.3 Å². The molecule has 0 heterocycles. The number of aryl methyl sites for hydroxylation is 2. The van der Waals surface area contributed by atoms with Gasteiger partial charge in [0.1, 0.15) is 12.6 Å². The molecule has 2 unspecified atom stereocenters. The Bertz CT molecular complexity index is 1510. The van der Waals surface area contributed by atoms with E-state index in [1.807, 2.05) is 58.9 Å². The Labute approximate surface area is 255 Å². The van der Waals surface area contributed by atoms with E-state index in [1.165, 1.54) is 37.3 Å². The molecule has 0 saturated carbocycles. The third kappa shape index (κ3) is 8.07. The van der Waals surface area contributed by atoms with E-state index >= 15 is 0 Å². The van der Waals surface area contributed by atoms with E-state index in [0.717, 1.165) is 27.4 Å². The Morgan fingerprint density at radius 2 is 1.53 bits per heavy atom. The Morgan fingerprint density at radius 3 is 2.12 bits per heavy atom. The van der Waals surface area contributed by atoms with E-state index in [9.17, 15) is 18.0 Å². The number of hydrogen-bond acceptors (Lipinski definition) is 6. The molecular weight excluding hydrogens is 566 g/mol. The molecule has 3 rings (SSSR count). The lowest BCUT2D eigenvalue weighted by Gasteiger charge is -2.34. The van der Waals surface area contributed by atoms with Crippen LogP contribution in [-0.2, 0) is 26.2 Å². The highest BCUT2D eigenvalue weighted by atomic mass is 32.2. The van der Waals surface area contributed by atoms with Gasteiger partial charge in [0.15, 0.2) is 11.5 Å². The number of rotatable bonds is 14. The monoisotopic (exact) mass is 609 g/mol. The number of sulfonamides is 1. The summed E-state index contributed by atoms with van der Waals surface area (Å²) >= 11 is 0. The molecule has 9 nitrogen and oxygen atoms in total. The molecule has 1 N–H and O–H groups in total. The fraction of sp³-hybridized carbons (Fsp3) is 0.394. The van der Waals surface area contributed by atoms with Crippen LogP contribution in [0.15, 0.2) is 71.6 Å². The first kappa shape index (κ1) is 33.5. The Kier molecular flexibility index (Phi) is 11.6. The molecular formula is C33H43N3O6S. The predicted molar refractivity (Wildman–Crippen MR) is 169 cm³/mol. The van der Waals surface area contributed by atoms with Crippen LogP contribution in [0.25, 0.3) is 0 Å². The van der Waals surface area contributed by atoms with Gasteiger partial charge in [0.25, 0.3) is 10.0 Å². The summed E-state index contributed by atoms with van der Waals surface area (Å²) in [6.07, 6.45) is 1.09. The van der Waals surface area contributed by atoms with Gasteiger partial charge in [0, 0.05) is 18.7 Å². The topological polar surface area (TPSA) is 105 Å². The van der Waals surface area contributed by atoms with Crippen molar-refractivity contribution in [3.05, 3.63) is 83.4 Å². The second kappa shape index (κ2) is 14.9. The number of benzene rings is 3. The zero-order valence-electron chi connectivity index (χ0n) is 26.1. The molecule has 0 aromatic heterocycles. The van der Waals surface area contributed by atoms with E-state index in [4.69, 9.17) is 9.47 Å². The van der Waals surface area contributed by atoms with Crippen LogP contribution >= 0.6 is 0 Å². The smallest absolute Gasteiger partial charge is 0.264 e. The first-order chi connectivity index (χ1) is 20.5. The molecule has 0 saturated heterocycles. The van der Waals surface area contributed by atoms with E-state index in [0.29, 0.717) is 17.9 Å². The number of anilines is 1. The van der Waals surface area contributed by atoms with Crippen LogP contribution in [0.3, 0.4) is 0 Å². The zero-order chi connectivity index (χ0) is 31.7. The molecule has 0 aliphatic carbocycles. The van der Waals surface area contributed by atoms with Gasteiger partial charge in [-0.05, 0) is 69.0 Å². The minimum Gasteiger partial charge on any atom is -0.493 e. The molecule has 0 bridgehead atoms. The fourth-order valence-corrected chi connectivity index (χ4v) is 6.11. The third-order valence-electron chi connectivity index (χ3n) is 7.53. The number of methoxy groups -OCH3 is 2. The second-order valence-corrected chi connectivity index (χ2v) is 12.4. The summed E-state index contributed by atoms with van der Waals surface area (Å²) in [5.74, 6) is -0.155. The Hall–Kier alpha value is -4.05. The predicted octanol–water partition coefficient (Wildman–Crippen LogP) is 5.24. The molecule has 0 spiro atoms. The zero-order valence-corrected chi connectivity index (χ0v) is 26.9. The lowest BCUT2D eigenvalue weighted by molar-refractivity contribution is -0.140. The van der Waals surface area contributed by atoms with Crippen molar-refractivity contribution in [2.24, 2.45) is 0 Å². The molecule has 10 heteroatoms. The normalized spacial score (nSPS) is 12.6. The Morgan fingerprint density at radius 1 is 0.884 bits per heavy atom. The van der Waals surface area contributed by atoms with Crippen molar-refractivity contribution >= 4 is 27.5 Å². The standard InChI is InChI=1S/C33H43N3O6S/c1-8-25(5)34-33(38)29(9-2)35(21-26-13-11-10-12-24(26)4)32(37)22-36(27-16-14-23(3)15-17-27)43(39,40)28-18-19-30(41-6)31(20-28)42-7/h10-20,25,29H,8-9,21-22H2,1-7H3,(H,34,38). The van der Waals surface area contributed by atoms with Crippen LogP contribution in [0, 0.1) is 13.8 Å². The fourth-order valence-electron chi connectivity index (χ4n) is 4.68. The first-order valence-electron chi connectivity index (χ1n) is 14.4. The van der Waals surface area contributed by atoms with Crippen molar-refractivity contribution in [2.75, 3.05) is 25.1 Å². The molecule has 2 atom stereocenters. The maximum Gasteiger partial charge on any atom is 0.264 e. The lowest BCUT2D eigenvalue weighted by atomic mass is 10.1. The number of nitrogens with one attached hydrogen (secondary N) is 1. The summed E-state index contributed by atoms with van der Waals surface area (Å²) in [7, 11) is -1.37. The minimum absolute atomic E-state index is 0.0643. The summed E-state index contributed by atoms with van der Waals surface area (Å²) in [5, 5.41) is 3.00. The third-order valence-corrected chi connectivity index (χ3v) is 9.30. The number of nitrogens with zero attached hydrogens (tertiary/aromatic N) is 2. The molecule has 3 aromatic rings. The first-order valence-corrected chi connectivity index (χ1v) is 15.9. The summed E-state index contributed by atoms with van der Waals surface area (Å²) in [6, 6.07) is 18.0. The number of hydrogen-bond donors (Lipinski definition) is 1. The average Bonchev–Trinajstić information content (AvgIpc) is 3.00. The molecule has 2 amide bonds. The van der Waals surface area contributed by atoms with E-state index in [1.54, 1.807) is 24.3 Å². The molecule has 232 valence electrons. The number of ether oxygens (including phenoxy) is 2. The van der Waals surface area contributed by atoms with Gasteiger partial charge >= 0.3 is 0 Å². The second-order valence-electron chi connectivity index (χ2n) is 10.6. The highest BCUT2D eigenvalue weighted by molar-refractivity contribution is 7.92. The largest absolute Gasteiger partial charge is 0.493 e.